The Hall–Kier alpha value is -1.85. The van der Waals surface area contributed by atoms with Gasteiger partial charge in [0.2, 0.25) is 5.95 Å². The number of aromatic nitrogens is 4. The molecule has 0 spiro atoms. The van der Waals surface area contributed by atoms with Crippen LogP contribution < -0.4 is 10.6 Å². The molecule has 0 aliphatic heterocycles. The maximum atomic E-state index is 4.46. The van der Waals surface area contributed by atoms with Crippen molar-refractivity contribution in [1.82, 2.24) is 19.9 Å². The van der Waals surface area contributed by atoms with Gasteiger partial charge in [-0.05, 0) is 13.3 Å². The van der Waals surface area contributed by atoms with Gasteiger partial charge >= 0.3 is 0 Å². The molecule has 6 heteroatoms. The SMILES string of the molecule is CCCCCNc1nc(NCC)nc2nc[nH]c12. The zero-order valence-electron chi connectivity index (χ0n) is 11.0. The molecule has 2 aromatic rings. The van der Waals surface area contributed by atoms with Crippen LogP contribution in [-0.2, 0) is 0 Å². The fraction of sp³-hybridized carbons (Fsp3) is 0.583. The summed E-state index contributed by atoms with van der Waals surface area (Å²) in [5.74, 6) is 1.44. The summed E-state index contributed by atoms with van der Waals surface area (Å²) in [5.41, 5.74) is 1.56. The number of aromatic amines is 1. The lowest BCUT2D eigenvalue weighted by molar-refractivity contribution is 0.742. The molecule has 3 N–H and O–H groups in total. The van der Waals surface area contributed by atoms with E-state index in [1.807, 2.05) is 6.92 Å². The number of imidazole rings is 1. The lowest BCUT2D eigenvalue weighted by Gasteiger charge is -2.08. The first-order chi connectivity index (χ1) is 8.85. The van der Waals surface area contributed by atoms with E-state index in [0.717, 1.165) is 30.8 Å². The normalized spacial score (nSPS) is 10.8. The van der Waals surface area contributed by atoms with E-state index in [0.29, 0.717) is 11.6 Å². The van der Waals surface area contributed by atoms with Gasteiger partial charge in [0.25, 0.3) is 0 Å². The van der Waals surface area contributed by atoms with E-state index in [2.05, 4.69) is 37.5 Å². The average molecular weight is 248 g/mol. The minimum Gasteiger partial charge on any atom is -0.368 e. The number of rotatable bonds is 7. The molecule has 0 saturated heterocycles. The van der Waals surface area contributed by atoms with Crippen molar-refractivity contribution in [3.63, 3.8) is 0 Å². The van der Waals surface area contributed by atoms with E-state index in [9.17, 15) is 0 Å². The number of hydrogen-bond donors (Lipinski definition) is 3. The molecule has 98 valence electrons. The molecule has 18 heavy (non-hydrogen) atoms. The summed E-state index contributed by atoms with van der Waals surface area (Å²) in [4.78, 5) is 16.0. The maximum absolute atomic E-state index is 4.46. The highest BCUT2D eigenvalue weighted by Crippen LogP contribution is 2.18. The highest BCUT2D eigenvalue weighted by atomic mass is 15.2. The van der Waals surface area contributed by atoms with E-state index in [1.54, 1.807) is 6.33 Å². The Morgan fingerprint density at radius 2 is 2.06 bits per heavy atom. The fourth-order valence-electron chi connectivity index (χ4n) is 1.78. The number of fused-ring (bicyclic) bond motifs is 1. The van der Waals surface area contributed by atoms with Crippen LogP contribution in [0.1, 0.15) is 33.1 Å². The van der Waals surface area contributed by atoms with Crippen LogP contribution in [0.3, 0.4) is 0 Å². The quantitative estimate of drug-likeness (QED) is 0.656. The molecule has 0 aliphatic carbocycles. The second kappa shape index (κ2) is 6.18. The first-order valence-electron chi connectivity index (χ1n) is 6.54. The Morgan fingerprint density at radius 3 is 2.83 bits per heavy atom. The predicted octanol–water partition coefficient (Wildman–Crippen LogP) is 2.39. The standard InChI is InChI=1S/C12H20N6/c1-3-5-6-7-14-10-9-11(16-8-15-9)18-12(17-10)13-4-2/h8H,3-7H2,1-2H3,(H3,13,14,15,16,17,18). The van der Waals surface area contributed by atoms with Crippen molar-refractivity contribution in [3.8, 4) is 0 Å². The zero-order chi connectivity index (χ0) is 12.8. The van der Waals surface area contributed by atoms with Crippen molar-refractivity contribution in [3.05, 3.63) is 6.33 Å². The minimum absolute atomic E-state index is 0.620. The lowest BCUT2D eigenvalue weighted by Crippen LogP contribution is -2.08. The van der Waals surface area contributed by atoms with E-state index in [1.165, 1.54) is 12.8 Å². The van der Waals surface area contributed by atoms with Crippen molar-refractivity contribution in [2.45, 2.75) is 33.1 Å². The van der Waals surface area contributed by atoms with Gasteiger partial charge in [0, 0.05) is 13.1 Å². The van der Waals surface area contributed by atoms with Crippen LogP contribution in [0.25, 0.3) is 11.2 Å². The van der Waals surface area contributed by atoms with E-state index >= 15 is 0 Å². The molecule has 0 bridgehead atoms. The van der Waals surface area contributed by atoms with Crippen molar-refractivity contribution in [1.29, 1.82) is 0 Å². The summed E-state index contributed by atoms with van der Waals surface area (Å²) < 4.78 is 0. The number of H-pyrrole nitrogens is 1. The molecular weight excluding hydrogens is 228 g/mol. The van der Waals surface area contributed by atoms with Gasteiger partial charge in [-0.25, -0.2) is 4.98 Å². The van der Waals surface area contributed by atoms with Crippen LogP contribution in [-0.4, -0.2) is 33.0 Å². The zero-order valence-corrected chi connectivity index (χ0v) is 11.0. The first-order valence-corrected chi connectivity index (χ1v) is 6.54. The molecule has 0 radical (unpaired) electrons. The Kier molecular flexibility index (Phi) is 4.33. The molecule has 0 aromatic carbocycles. The molecule has 0 amide bonds. The summed E-state index contributed by atoms with van der Waals surface area (Å²) in [5, 5.41) is 6.46. The van der Waals surface area contributed by atoms with Crippen LogP contribution >= 0.6 is 0 Å². The molecule has 2 heterocycles. The van der Waals surface area contributed by atoms with Crippen LogP contribution in [0.15, 0.2) is 6.33 Å². The first kappa shape index (κ1) is 12.6. The average Bonchev–Trinajstić information content (AvgIpc) is 2.83. The summed E-state index contributed by atoms with van der Waals surface area (Å²) in [6.07, 6.45) is 5.23. The lowest BCUT2D eigenvalue weighted by atomic mass is 10.2. The van der Waals surface area contributed by atoms with Gasteiger partial charge in [-0.3, -0.25) is 0 Å². The van der Waals surface area contributed by atoms with E-state index in [4.69, 9.17) is 0 Å². The van der Waals surface area contributed by atoms with Crippen molar-refractivity contribution < 1.29 is 0 Å². The molecule has 0 atom stereocenters. The van der Waals surface area contributed by atoms with Gasteiger partial charge in [0.1, 0.15) is 5.52 Å². The minimum atomic E-state index is 0.620. The van der Waals surface area contributed by atoms with Gasteiger partial charge in [-0.1, -0.05) is 19.8 Å². The van der Waals surface area contributed by atoms with Gasteiger partial charge in [0.05, 0.1) is 6.33 Å². The van der Waals surface area contributed by atoms with Crippen LogP contribution in [0, 0.1) is 0 Å². The summed E-state index contributed by atoms with van der Waals surface area (Å²) in [6, 6.07) is 0. The third kappa shape index (κ3) is 2.88. The van der Waals surface area contributed by atoms with Gasteiger partial charge < -0.3 is 15.6 Å². The number of anilines is 2. The second-order valence-corrected chi connectivity index (χ2v) is 4.16. The van der Waals surface area contributed by atoms with Crippen molar-refractivity contribution in [2.75, 3.05) is 23.7 Å². The highest BCUT2D eigenvalue weighted by Gasteiger charge is 2.08. The molecule has 0 aliphatic rings. The Bertz CT molecular complexity index is 492. The van der Waals surface area contributed by atoms with Crippen LogP contribution in [0.4, 0.5) is 11.8 Å². The Morgan fingerprint density at radius 1 is 1.17 bits per heavy atom. The molecule has 2 rings (SSSR count). The Labute approximate surface area is 107 Å². The number of nitrogens with one attached hydrogen (secondary N) is 3. The van der Waals surface area contributed by atoms with Gasteiger partial charge in [0.15, 0.2) is 11.5 Å². The highest BCUT2D eigenvalue weighted by molar-refractivity contribution is 5.83. The number of nitrogens with zero attached hydrogens (tertiary/aromatic N) is 3. The molecule has 0 fully saturated rings. The number of unbranched alkanes of at least 4 members (excludes halogenated alkanes) is 2. The molecule has 2 aromatic heterocycles. The number of hydrogen-bond acceptors (Lipinski definition) is 5. The van der Waals surface area contributed by atoms with Crippen molar-refractivity contribution in [2.24, 2.45) is 0 Å². The Balaban J connectivity index is 2.15. The van der Waals surface area contributed by atoms with Gasteiger partial charge in [-0.15, -0.1) is 0 Å². The molecule has 0 saturated carbocycles. The summed E-state index contributed by atoms with van der Waals surface area (Å²) >= 11 is 0. The monoisotopic (exact) mass is 248 g/mol. The molecule has 6 nitrogen and oxygen atoms in total. The van der Waals surface area contributed by atoms with Crippen LogP contribution in [0.2, 0.25) is 0 Å². The second-order valence-electron chi connectivity index (χ2n) is 4.16. The smallest absolute Gasteiger partial charge is 0.226 e. The summed E-state index contributed by atoms with van der Waals surface area (Å²) in [6.45, 7) is 5.93. The third-order valence-electron chi connectivity index (χ3n) is 2.69. The predicted molar refractivity (Wildman–Crippen MR) is 73.9 cm³/mol. The molecule has 0 unspecified atom stereocenters. The summed E-state index contributed by atoms with van der Waals surface area (Å²) in [7, 11) is 0. The molecular formula is C12H20N6. The van der Waals surface area contributed by atoms with Gasteiger partial charge in [-0.2, -0.15) is 9.97 Å². The van der Waals surface area contributed by atoms with Crippen LogP contribution in [0.5, 0.6) is 0 Å². The third-order valence-corrected chi connectivity index (χ3v) is 2.69. The van der Waals surface area contributed by atoms with Crippen molar-refractivity contribution >= 4 is 22.9 Å². The maximum Gasteiger partial charge on any atom is 0.226 e. The van der Waals surface area contributed by atoms with E-state index in [-0.39, 0.29) is 0 Å². The topological polar surface area (TPSA) is 78.5 Å². The largest absolute Gasteiger partial charge is 0.368 e. The fourth-order valence-corrected chi connectivity index (χ4v) is 1.78. The van der Waals surface area contributed by atoms with E-state index < -0.39 is 0 Å².